The molecule has 5 nitrogen and oxygen atoms in total. The van der Waals surface area contributed by atoms with Crippen LogP contribution in [0.3, 0.4) is 0 Å². The second kappa shape index (κ2) is 10.9. The van der Waals surface area contributed by atoms with E-state index in [1.165, 1.54) is 0 Å². The maximum atomic E-state index is 11.4. The first-order chi connectivity index (χ1) is 12.0. The second-order valence-electron chi connectivity index (χ2n) is 5.58. The summed E-state index contributed by atoms with van der Waals surface area (Å²) in [6.45, 7) is 6.01. The van der Waals surface area contributed by atoms with Gasteiger partial charge in [0.05, 0.1) is 5.69 Å². The van der Waals surface area contributed by atoms with Gasteiger partial charge in [0, 0.05) is 11.3 Å². The average molecular weight is 340 g/mol. The van der Waals surface area contributed by atoms with Crippen molar-refractivity contribution in [2.45, 2.75) is 40.0 Å². The molecule has 0 heterocycles. The van der Waals surface area contributed by atoms with Crippen LogP contribution in [0.15, 0.2) is 70.4 Å². The summed E-state index contributed by atoms with van der Waals surface area (Å²) in [6.07, 6.45) is 9.01. The molecule has 5 heteroatoms. The largest absolute Gasteiger partial charge is 0.398 e. The van der Waals surface area contributed by atoms with Crippen molar-refractivity contribution in [1.82, 2.24) is 5.32 Å². The Hall–Kier alpha value is -2.82. The van der Waals surface area contributed by atoms with Crippen LogP contribution in [-0.4, -0.2) is 11.9 Å². The molecule has 1 aromatic carbocycles. The number of para-hydroxylation sites is 1. The molecule has 0 bridgehead atoms. The van der Waals surface area contributed by atoms with Crippen LogP contribution in [-0.2, 0) is 0 Å². The molecule has 0 saturated heterocycles. The number of nitrogens with zero attached hydrogens (tertiary/aromatic N) is 1. The van der Waals surface area contributed by atoms with Crippen molar-refractivity contribution in [2.75, 3.05) is 0 Å². The van der Waals surface area contributed by atoms with Gasteiger partial charge >= 0.3 is 6.03 Å². The van der Waals surface area contributed by atoms with Gasteiger partial charge in [0.1, 0.15) is 5.84 Å². The number of allylic oxidation sites excluding steroid dienone is 3. The number of amidine groups is 1. The molecule has 0 radical (unpaired) electrons. The molecular formula is C20H28N4O. The normalized spacial score (nSPS) is 13.7. The lowest BCUT2D eigenvalue weighted by Crippen LogP contribution is -2.36. The molecule has 1 rings (SSSR count). The number of aliphatic imine (C=N–C) groups is 1. The van der Waals surface area contributed by atoms with E-state index in [4.69, 9.17) is 11.5 Å². The summed E-state index contributed by atoms with van der Waals surface area (Å²) in [5.41, 5.74) is 14.5. The Kier molecular flexibility index (Phi) is 8.79. The number of amides is 2. The highest BCUT2D eigenvalue weighted by Crippen LogP contribution is 2.17. The van der Waals surface area contributed by atoms with Crippen LogP contribution in [0, 0.1) is 0 Å². The quantitative estimate of drug-likeness (QED) is 0.392. The van der Waals surface area contributed by atoms with E-state index in [9.17, 15) is 4.79 Å². The molecule has 0 aliphatic carbocycles. The highest BCUT2D eigenvalue weighted by Gasteiger charge is 2.11. The number of carbonyl (C=O) groups excluding carboxylic acids is 1. The standard InChI is InChI=1S/C20H28N4O/c1-4-6-11-16(12-7-5-2)18(21)15(3)19(24-20(22)25)23-17-13-9-8-10-14-17/h6,8-14H,4-5,7,21H2,1-3H3,(H3,22,23,24,25)/b11-6-,16-12+,18-15?. The zero-order valence-corrected chi connectivity index (χ0v) is 15.3. The number of carbonyl (C=O) groups is 1. The molecule has 0 spiro atoms. The second-order valence-corrected chi connectivity index (χ2v) is 5.58. The predicted molar refractivity (Wildman–Crippen MR) is 106 cm³/mol. The van der Waals surface area contributed by atoms with Crippen molar-refractivity contribution < 1.29 is 4.79 Å². The van der Waals surface area contributed by atoms with Crippen molar-refractivity contribution >= 4 is 17.6 Å². The molecule has 0 aliphatic rings. The van der Waals surface area contributed by atoms with Gasteiger partial charge in [-0.25, -0.2) is 9.79 Å². The molecule has 1 aromatic rings. The van der Waals surface area contributed by atoms with Crippen molar-refractivity contribution in [1.29, 1.82) is 0 Å². The number of nitrogens with one attached hydrogen (secondary N) is 1. The summed E-state index contributed by atoms with van der Waals surface area (Å²) in [5, 5.41) is 2.58. The highest BCUT2D eigenvalue weighted by molar-refractivity contribution is 6.08. The minimum atomic E-state index is -0.676. The van der Waals surface area contributed by atoms with Gasteiger partial charge in [0.25, 0.3) is 0 Å². The van der Waals surface area contributed by atoms with E-state index in [1.807, 2.05) is 43.3 Å². The van der Waals surface area contributed by atoms with E-state index >= 15 is 0 Å². The maximum Gasteiger partial charge on any atom is 0.317 e. The van der Waals surface area contributed by atoms with E-state index in [2.05, 4.69) is 36.3 Å². The van der Waals surface area contributed by atoms with E-state index < -0.39 is 6.03 Å². The third-order valence-corrected chi connectivity index (χ3v) is 3.49. The fraction of sp³-hybridized carbons (Fsp3) is 0.300. The molecule has 134 valence electrons. The molecule has 2 amide bonds. The highest BCUT2D eigenvalue weighted by atomic mass is 16.2. The number of rotatable bonds is 7. The van der Waals surface area contributed by atoms with Gasteiger partial charge in [0.15, 0.2) is 0 Å². The minimum Gasteiger partial charge on any atom is -0.398 e. The third-order valence-electron chi connectivity index (χ3n) is 3.49. The topological polar surface area (TPSA) is 93.5 Å². The van der Waals surface area contributed by atoms with Crippen molar-refractivity contribution in [3.63, 3.8) is 0 Å². The zero-order valence-electron chi connectivity index (χ0n) is 15.3. The predicted octanol–water partition coefficient (Wildman–Crippen LogP) is 4.31. The summed E-state index contributed by atoms with van der Waals surface area (Å²) >= 11 is 0. The molecule has 0 aromatic heterocycles. The Morgan fingerprint density at radius 1 is 1.20 bits per heavy atom. The Morgan fingerprint density at radius 2 is 1.88 bits per heavy atom. The van der Waals surface area contributed by atoms with Crippen LogP contribution < -0.4 is 16.8 Å². The Bertz CT molecular complexity index is 685. The summed E-state index contributed by atoms with van der Waals surface area (Å²) in [7, 11) is 0. The fourth-order valence-corrected chi connectivity index (χ4v) is 2.11. The zero-order chi connectivity index (χ0) is 18.7. The number of hydrogen-bond acceptors (Lipinski definition) is 3. The molecule has 0 aliphatic heterocycles. The maximum absolute atomic E-state index is 11.4. The van der Waals surface area contributed by atoms with Crippen LogP contribution in [0.2, 0.25) is 0 Å². The number of unbranched alkanes of at least 4 members (excludes halogenated alkanes) is 1. The SMILES string of the molecule is CC/C=C\C(=C/CCC)C(N)=C(C)C(=Nc1ccccc1)NC(N)=O. The Morgan fingerprint density at radius 3 is 2.44 bits per heavy atom. The van der Waals surface area contributed by atoms with E-state index in [1.54, 1.807) is 0 Å². The lowest BCUT2D eigenvalue weighted by Gasteiger charge is -2.12. The number of urea groups is 1. The molecule has 0 fully saturated rings. The minimum absolute atomic E-state index is 0.350. The van der Waals surface area contributed by atoms with Crippen LogP contribution in [0.5, 0.6) is 0 Å². The van der Waals surface area contributed by atoms with Crippen LogP contribution in [0.25, 0.3) is 0 Å². The lowest BCUT2D eigenvalue weighted by molar-refractivity contribution is 0.253. The first-order valence-electron chi connectivity index (χ1n) is 8.53. The van der Waals surface area contributed by atoms with Gasteiger partial charge in [-0.15, -0.1) is 0 Å². The molecular weight excluding hydrogens is 312 g/mol. The van der Waals surface area contributed by atoms with Gasteiger partial charge in [-0.3, -0.25) is 5.32 Å². The van der Waals surface area contributed by atoms with E-state index in [0.29, 0.717) is 22.8 Å². The Labute approximate surface area is 150 Å². The van der Waals surface area contributed by atoms with Crippen LogP contribution >= 0.6 is 0 Å². The number of hydrogen-bond donors (Lipinski definition) is 3. The van der Waals surface area contributed by atoms with Gasteiger partial charge in [-0.2, -0.15) is 0 Å². The number of primary amides is 1. The lowest BCUT2D eigenvalue weighted by atomic mass is 10.0. The van der Waals surface area contributed by atoms with Crippen LogP contribution in [0.1, 0.15) is 40.0 Å². The smallest absolute Gasteiger partial charge is 0.317 e. The summed E-state index contributed by atoms with van der Waals surface area (Å²) in [5.74, 6) is 0.350. The fourth-order valence-electron chi connectivity index (χ4n) is 2.11. The van der Waals surface area contributed by atoms with Gasteiger partial charge < -0.3 is 11.5 Å². The van der Waals surface area contributed by atoms with E-state index in [-0.39, 0.29) is 0 Å². The summed E-state index contributed by atoms with van der Waals surface area (Å²) in [4.78, 5) is 15.9. The van der Waals surface area contributed by atoms with Crippen molar-refractivity contribution in [3.05, 3.63) is 65.4 Å². The first-order valence-corrected chi connectivity index (χ1v) is 8.53. The molecule has 25 heavy (non-hydrogen) atoms. The molecule has 0 unspecified atom stereocenters. The summed E-state index contributed by atoms with van der Waals surface area (Å²) < 4.78 is 0. The van der Waals surface area contributed by atoms with E-state index in [0.717, 1.165) is 24.8 Å². The molecule has 0 saturated carbocycles. The van der Waals surface area contributed by atoms with Crippen molar-refractivity contribution in [3.8, 4) is 0 Å². The van der Waals surface area contributed by atoms with Crippen molar-refractivity contribution in [2.24, 2.45) is 16.5 Å². The van der Waals surface area contributed by atoms with Gasteiger partial charge in [-0.05, 0) is 37.5 Å². The molecule has 0 atom stereocenters. The number of benzene rings is 1. The van der Waals surface area contributed by atoms with Crippen LogP contribution in [0.4, 0.5) is 10.5 Å². The summed E-state index contributed by atoms with van der Waals surface area (Å²) in [6, 6.07) is 8.66. The third kappa shape index (κ3) is 7.08. The molecule has 5 N–H and O–H groups in total. The number of nitrogens with two attached hydrogens (primary N) is 2. The van der Waals surface area contributed by atoms with Gasteiger partial charge in [0.2, 0.25) is 0 Å². The van der Waals surface area contributed by atoms with Gasteiger partial charge in [-0.1, -0.05) is 56.7 Å². The first kappa shape index (κ1) is 20.2. The monoisotopic (exact) mass is 340 g/mol. The Balaban J connectivity index is 3.34. The average Bonchev–Trinajstić information content (AvgIpc) is 2.60.